The molecule has 1 saturated carbocycles. The number of fused-ring (bicyclic) bond motifs is 4. The topological polar surface area (TPSA) is 224 Å². The van der Waals surface area contributed by atoms with Crippen molar-refractivity contribution in [2.24, 2.45) is 15.9 Å². The molecule has 2 aliphatic heterocycles. The van der Waals surface area contributed by atoms with E-state index >= 15 is 0 Å². The third-order valence-electron chi connectivity index (χ3n) is 12.0. The molecule has 66 heavy (non-hydrogen) atoms. The number of hydrogen-bond acceptors (Lipinski definition) is 13. The third-order valence-corrected chi connectivity index (χ3v) is 12.0. The van der Waals surface area contributed by atoms with E-state index in [1.54, 1.807) is 101 Å². The zero-order valence-corrected chi connectivity index (χ0v) is 39.9. The largest absolute Gasteiger partial charge is 0.479 e. The van der Waals surface area contributed by atoms with Crippen LogP contribution in [-0.4, -0.2) is 98.5 Å². The number of aliphatic imine (C=N–C) groups is 2. The molecule has 3 heterocycles. The highest BCUT2D eigenvalue weighted by molar-refractivity contribution is 6.03. The fourth-order valence-corrected chi connectivity index (χ4v) is 9.71. The fourth-order valence-electron chi connectivity index (χ4n) is 9.71. The van der Waals surface area contributed by atoms with Crippen molar-refractivity contribution in [3.05, 3.63) is 52.7 Å². The van der Waals surface area contributed by atoms with Gasteiger partial charge >= 0.3 is 30.4 Å². The molecule has 8 rings (SSSR count). The number of aliphatic hydroxyl groups is 1. The van der Waals surface area contributed by atoms with E-state index < -0.39 is 69.9 Å². The summed E-state index contributed by atoms with van der Waals surface area (Å²) in [6.07, 6.45) is -0.442. The van der Waals surface area contributed by atoms with Gasteiger partial charge in [-0.15, -0.1) is 4.99 Å². The minimum absolute atomic E-state index is 0.175. The van der Waals surface area contributed by atoms with Gasteiger partial charge in [-0.2, -0.15) is 0 Å². The Bertz CT molecular complexity index is 2500. The number of aromatic amines is 1. The number of benzene rings is 2. The molecule has 2 bridgehead atoms. The van der Waals surface area contributed by atoms with Crippen LogP contribution in [0.25, 0.3) is 10.9 Å². The molecule has 1 aromatic heterocycles. The first-order chi connectivity index (χ1) is 30.6. The van der Waals surface area contributed by atoms with Crippen LogP contribution in [0.4, 0.5) is 24.9 Å². The maximum absolute atomic E-state index is 13.6. The number of carbonyl (C=O) groups excluding carboxylic acids is 4. The first-order valence-electron chi connectivity index (χ1n) is 22.6. The van der Waals surface area contributed by atoms with Crippen molar-refractivity contribution in [1.29, 1.82) is 0 Å². The lowest BCUT2D eigenvalue weighted by atomic mass is 9.49. The molecule has 2 fully saturated rings. The summed E-state index contributed by atoms with van der Waals surface area (Å²) in [7, 11) is 0. The standard InChI is InChI=1S/C48H63N7O11/c1-43(2,3)63-39(56)51-37(52-40(57)64-44(4,5)6)49-27-16-17-28-29-23-48(60)32-21-26-15-18-31(61-38(53-41(58)65-45(7,8)9)54-42(59)66-46(10,11)12)35-33(26)47(48,19-20-55(32)24-25-13-14-25)36(62-35)34(29)50-30(28)22-27/h15-18,22,25,32,36,50,60H,13-14,19-21,23-24H2,1-12H3,(H,53,54,58,59)(H2,49,51,52,56,57)/t32-,36-,47-,48+/m0/s1. The molecule has 18 heteroatoms. The van der Waals surface area contributed by atoms with Crippen LogP contribution in [0.5, 0.6) is 11.5 Å². The van der Waals surface area contributed by atoms with Crippen LogP contribution in [0.1, 0.15) is 131 Å². The van der Waals surface area contributed by atoms with Gasteiger partial charge in [-0.1, -0.05) is 12.1 Å². The highest BCUT2D eigenvalue weighted by atomic mass is 16.6. The van der Waals surface area contributed by atoms with Crippen molar-refractivity contribution in [1.82, 2.24) is 25.8 Å². The van der Waals surface area contributed by atoms with Crippen molar-refractivity contribution in [2.45, 2.75) is 161 Å². The quantitative estimate of drug-likeness (QED) is 0.0952. The molecule has 356 valence electrons. The van der Waals surface area contributed by atoms with Crippen LogP contribution in [0, 0.1) is 5.92 Å². The zero-order chi connectivity index (χ0) is 47.9. The molecule has 5 N–H and O–H groups in total. The van der Waals surface area contributed by atoms with Crippen LogP contribution in [0.2, 0.25) is 0 Å². The summed E-state index contributed by atoms with van der Waals surface area (Å²) in [5.74, 6) is 0.935. The Kier molecular flexibility index (Phi) is 11.4. The molecule has 5 aliphatic rings. The van der Waals surface area contributed by atoms with Crippen molar-refractivity contribution in [2.75, 3.05) is 13.1 Å². The van der Waals surface area contributed by atoms with E-state index in [9.17, 15) is 24.3 Å². The number of piperidine rings is 1. The Hall–Kier alpha value is -5.88. The number of amidine groups is 1. The van der Waals surface area contributed by atoms with E-state index in [0.29, 0.717) is 42.1 Å². The zero-order valence-electron chi connectivity index (χ0n) is 39.9. The summed E-state index contributed by atoms with van der Waals surface area (Å²) < 4.78 is 35.2. The highest BCUT2D eigenvalue weighted by Gasteiger charge is 2.73. The Balaban J connectivity index is 1.20. The van der Waals surface area contributed by atoms with Crippen molar-refractivity contribution in [3.63, 3.8) is 0 Å². The summed E-state index contributed by atoms with van der Waals surface area (Å²) in [6.45, 7) is 22.2. The predicted octanol–water partition coefficient (Wildman–Crippen LogP) is 8.10. The third kappa shape index (κ3) is 9.52. The number of H-pyrrole nitrogens is 1. The van der Waals surface area contributed by atoms with E-state index in [1.807, 2.05) is 12.1 Å². The maximum Gasteiger partial charge on any atom is 0.438 e. The molecule has 3 aliphatic carbocycles. The van der Waals surface area contributed by atoms with Gasteiger partial charge in [0.1, 0.15) is 22.4 Å². The van der Waals surface area contributed by atoms with Gasteiger partial charge in [0, 0.05) is 35.5 Å². The molecule has 1 spiro atoms. The van der Waals surface area contributed by atoms with Crippen LogP contribution < -0.4 is 25.4 Å². The number of nitrogens with one attached hydrogen (secondary N) is 4. The second-order valence-electron chi connectivity index (χ2n) is 22.0. The van der Waals surface area contributed by atoms with Gasteiger partial charge in [0.05, 0.1) is 22.4 Å². The Morgan fingerprint density at radius 1 is 0.833 bits per heavy atom. The van der Waals surface area contributed by atoms with E-state index in [0.717, 1.165) is 40.9 Å². The lowest BCUT2D eigenvalue weighted by molar-refractivity contribution is -0.173. The summed E-state index contributed by atoms with van der Waals surface area (Å²) in [4.78, 5) is 66.6. The lowest BCUT2D eigenvalue weighted by Gasteiger charge is -2.62. The molecule has 0 unspecified atom stereocenters. The lowest BCUT2D eigenvalue weighted by Crippen LogP contribution is -2.74. The van der Waals surface area contributed by atoms with Crippen molar-refractivity contribution < 1.29 is 52.7 Å². The highest BCUT2D eigenvalue weighted by Crippen LogP contribution is 2.69. The number of nitrogens with zero attached hydrogens (tertiary/aromatic N) is 3. The van der Waals surface area contributed by atoms with E-state index in [2.05, 4.69) is 35.8 Å². The molecule has 0 radical (unpaired) electrons. The molecule has 18 nitrogen and oxygen atoms in total. The normalized spacial score (nSPS) is 23.4. The summed E-state index contributed by atoms with van der Waals surface area (Å²) in [6, 6.07) is 8.46. The van der Waals surface area contributed by atoms with Crippen LogP contribution in [-0.2, 0) is 37.2 Å². The van der Waals surface area contributed by atoms with Gasteiger partial charge < -0.3 is 38.5 Å². The number of aromatic nitrogens is 1. The molecular weight excluding hydrogens is 851 g/mol. The number of alkyl carbamates (subject to hydrolysis) is 3. The van der Waals surface area contributed by atoms with E-state index in [4.69, 9.17) is 28.4 Å². The number of likely N-dealkylation sites (tertiary alicyclic amines) is 1. The van der Waals surface area contributed by atoms with Crippen LogP contribution in [0.3, 0.4) is 0 Å². The molecule has 2 aromatic carbocycles. The predicted molar refractivity (Wildman–Crippen MR) is 244 cm³/mol. The Morgan fingerprint density at radius 2 is 1.44 bits per heavy atom. The Morgan fingerprint density at radius 3 is 2.03 bits per heavy atom. The average molecular weight is 914 g/mol. The Labute approximate surface area is 384 Å². The second kappa shape index (κ2) is 16.2. The number of rotatable bonds is 4. The van der Waals surface area contributed by atoms with Gasteiger partial charge in [0.15, 0.2) is 17.6 Å². The molecule has 4 amide bonds. The number of carbonyl (C=O) groups is 4. The van der Waals surface area contributed by atoms with Gasteiger partial charge in [-0.3, -0.25) is 15.5 Å². The van der Waals surface area contributed by atoms with Gasteiger partial charge in [0.25, 0.3) is 0 Å². The fraction of sp³-hybridized carbons (Fsp3) is 0.583. The number of guanidine groups is 1. The monoisotopic (exact) mass is 913 g/mol. The average Bonchev–Trinajstić information content (AvgIpc) is 3.78. The second-order valence-corrected chi connectivity index (χ2v) is 22.0. The van der Waals surface area contributed by atoms with Gasteiger partial charge in [-0.25, -0.2) is 29.5 Å². The minimum atomic E-state index is -1.29. The van der Waals surface area contributed by atoms with E-state index in [-0.39, 0.29) is 17.8 Å². The van der Waals surface area contributed by atoms with Gasteiger partial charge in [-0.05, 0) is 151 Å². The van der Waals surface area contributed by atoms with Crippen molar-refractivity contribution >= 4 is 52.9 Å². The van der Waals surface area contributed by atoms with E-state index in [1.165, 1.54) is 12.8 Å². The molecule has 4 atom stereocenters. The summed E-state index contributed by atoms with van der Waals surface area (Å²) >= 11 is 0. The smallest absolute Gasteiger partial charge is 0.438 e. The molecule has 3 aromatic rings. The number of hydrogen-bond donors (Lipinski definition) is 5. The SMILES string of the molecule is CC(C)(C)OC(=O)/N=C(\NC(=O)OC(C)(C)C)Oc1ccc2c3c1O[C@H]1c4[nH]c5cc(N=C(NC(=O)OC(C)(C)C)NC(=O)OC(C)(C)C)ccc5c4C[C@@]4(O)[C@H](C2)N(CC2CC2)CC[C@]314. The summed E-state index contributed by atoms with van der Waals surface area (Å²) in [5, 5.41) is 22.0. The summed E-state index contributed by atoms with van der Waals surface area (Å²) in [5.41, 5.74) is -1.03. The molecule has 1 saturated heterocycles. The first-order valence-corrected chi connectivity index (χ1v) is 22.6. The van der Waals surface area contributed by atoms with Gasteiger partial charge in [0.2, 0.25) is 5.96 Å². The molecular formula is C48H63N7O11. The number of ether oxygens (including phenoxy) is 6. The minimum Gasteiger partial charge on any atom is -0.479 e. The maximum atomic E-state index is 13.6. The van der Waals surface area contributed by atoms with Crippen molar-refractivity contribution in [3.8, 4) is 11.5 Å². The van der Waals surface area contributed by atoms with Crippen LogP contribution >= 0.6 is 0 Å². The number of amides is 4. The van der Waals surface area contributed by atoms with Crippen LogP contribution in [0.15, 0.2) is 40.3 Å². The first kappa shape index (κ1) is 46.6.